The van der Waals surface area contributed by atoms with Crippen molar-refractivity contribution >= 4 is 33.2 Å². The Bertz CT molecular complexity index is 1980. The number of hydrogen-bond acceptors (Lipinski definition) is 8. The Kier molecular flexibility index (Phi) is 6.81. The molecule has 4 saturated heterocycles. The van der Waals surface area contributed by atoms with Gasteiger partial charge in [-0.25, -0.2) is 8.78 Å². The second kappa shape index (κ2) is 10.8. The summed E-state index contributed by atoms with van der Waals surface area (Å²) in [4.78, 5) is 18.0. The smallest absolute Gasteiger partial charge is 0.319 e. The van der Waals surface area contributed by atoms with Crippen LogP contribution in [-0.4, -0.2) is 70.3 Å². The van der Waals surface area contributed by atoms with Crippen molar-refractivity contribution in [2.75, 3.05) is 43.4 Å². The number of terminal acetylenes is 1. The molecular formula is C34H31F4N7O. The molecule has 0 radical (unpaired) electrons. The molecule has 2 aromatic carbocycles. The fraction of sp³-hybridized carbons (Fsp3) is 0.382. The maximum absolute atomic E-state index is 16.8. The van der Waals surface area contributed by atoms with Crippen molar-refractivity contribution in [3.05, 3.63) is 59.3 Å². The van der Waals surface area contributed by atoms with Crippen molar-refractivity contribution < 1.29 is 22.3 Å². The Morgan fingerprint density at radius 2 is 1.96 bits per heavy atom. The van der Waals surface area contributed by atoms with Crippen LogP contribution in [0.25, 0.3) is 32.9 Å². The lowest BCUT2D eigenvalue weighted by Gasteiger charge is -2.34. The third kappa shape index (κ3) is 4.63. The number of halogens is 4. The van der Waals surface area contributed by atoms with Crippen molar-refractivity contribution in [3.8, 4) is 29.6 Å². The highest BCUT2D eigenvalue weighted by atomic mass is 19.3. The van der Waals surface area contributed by atoms with Gasteiger partial charge < -0.3 is 20.7 Å². The number of pyridine rings is 1. The molecule has 4 aromatic rings. The van der Waals surface area contributed by atoms with Crippen LogP contribution in [0.5, 0.6) is 6.01 Å². The number of nitrogens with one attached hydrogen (secondary N) is 1. The molecule has 1 unspecified atom stereocenters. The Balaban J connectivity index is 1.26. The zero-order valence-corrected chi connectivity index (χ0v) is 24.9. The minimum absolute atomic E-state index is 0.0206. The fourth-order valence-corrected chi connectivity index (χ4v) is 7.94. The van der Waals surface area contributed by atoms with E-state index >= 15 is 4.39 Å². The predicted octanol–water partition coefficient (Wildman–Crippen LogP) is 5.40. The normalized spacial score (nSPS) is 24.2. The Morgan fingerprint density at radius 1 is 1.15 bits per heavy atom. The number of rotatable bonds is 5. The van der Waals surface area contributed by atoms with Gasteiger partial charge in [0.15, 0.2) is 5.82 Å². The van der Waals surface area contributed by atoms with Gasteiger partial charge in [0.05, 0.1) is 16.5 Å². The predicted molar refractivity (Wildman–Crippen MR) is 168 cm³/mol. The molecule has 0 amide bonds. The van der Waals surface area contributed by atoms with E-state index in [1.165, 1.54) is 18.3 Å². The second-order valence-corrected chi connectivity index (χ2v) is 12.9. The molecule has 3 atom stereocenters. The van der Waals surface area contributed by atoms with E-state index < -0.39 is 23.3 Å². The number of piperazine rings is 1. The van der Waals surface area contributed by atoms with Crippen molar-refractivity contribution in [1.82, 2.24) is 25.2 Å². The zero-order chi connectivity index (χ0) is 31.7. The first kappa shape index (κ1) is 29.0. The lowest BCUT2D eigenvalue weighted by Crippen LogP contribution is -2.51. The molecule has 2 aromatic heterocycles. The molecule has 4 aliphatic heterocycles. The minimum atomic E-state index is -1.64. The Labute approximate surface area is 262 Å². The van der Waals surface area contributed by atoms with Crippen LogP contribution >= 0.6 is 0 Å². The van der Waals surface area contributed by atoms with E-state index in [-0.39, 0.29) is 65.6 Å². The zero-order valence-electron chi connectivity index (χ0n) is 24.9. The largest absolute Gasteiger partial charge is 0.461 e. The number of nitrogens with zero attached hydrogens (tertiary/aromatic N) is 5. The molecule has 0 saturated carbocycles. The highest BCUT2D eigenvalue weighted by molar-refractivity contribution is 6.03. The average molecular weight is 630 g/mol. The Hall–Kier alpha value is -4.47. The minimum Gasteiger partial charge on any atom is -0.461 e. The van der Waals surface area contributed by atoms with Crippen molar-refractivity contribution in [2.24, 2.45) is 0 Å². The quantitative estimate of drug-likeness (QED) is 0.173. The molecule has 3 N–H and O–H groups in total. The summed E-state index contributed by atoms with van der Waals surface area (Å²) in [6.45, 7) is 2.32. The van der Waals surface area contributed by atoms with Gasteiger partial charge in [-0.05, 0) is 62.2 Å². The first-order chi connectivity index (χ1) is 22.2. The van der Waals surface area contributed by atoms with Crippen LogP contribution in [0.2, 0.25) is 0 Å². The van der Waals surface area contributed by atoms with Gasteiger partial charge >= 0.3 is 6.01 Å². The standard InChI is InChI=1S/C34H31F4N7O/c1-2-23-26(35)7-4-18-10-20(39)11-24(27(18)23)29-28(36)30-25(13-40-29)32(44-15-21-5-6-22(16-44)41-21)43-33(42-30)46-17-34-8-3-9-45(34)14-19(12-34)31(37)38/h1,4,7,10-11,13,21-22,41H,3,5-6,8-9,12,14-17,39H2/t21-,22+,34?. The molecule has 12 heteroatoms. The molecular weight excluding hydrogens is 598 g/mol. The summed E-state index contributed by atoms with van der Waals surface area (Å²) >= 11 is 0. The van der Waals surface area contributed by atoms with Gasteiger partial charge in [-0.2, -0.15) is 18.7 Å². The van der Waals surface area contributed by atoms with E-state index in [9.17, 15) is 13.2 Å². The van der Waals surface area contributed by atoms with Crippen molar-refractivity contribution in [3.63, 3.8) is 0 Å². The van der Waals surface area contributed by atoms with Crippen LogP contribution in [0.3, 0.4) is 0 Å². The molecule has 236 valence electrons. The maximum atomic E-state index is 16.8. The lowest BCUT2D eigenvalue weighted by atomic mass is 9.94. The van der Waals surface area contributed by atoms with E-state index in [1.54, 1.807) is 12.1 Å². The van der Waals surface area contributed by atoms with Crippen LogP contribution in [0, 0.1) is 24.0 Å². The van der Waals surface area contributed by atoms with Gasteiger partial charge in [-0.3, -0.25) is 9.88 Å². The van der Waals surface area contributed by atoms with E-state index in [2.05, 4.69) is 26.1 Å². The van der Waals surface area contributed by atoms with Crippen molar-refractivity contribution in [2.45, 2.75) is 49.7 Å². The molecule has 4 fully saturated rings. The number of nitrogens with two attached hydrogens (primary N) is 1. The maximum Gasteiger partial charge on any atom is 0.319 e. The molecule has 46 heavy (non-hydrogen) atoms. The number of nitrogen functional groups attached to an aromatic ring is 1. The summed E-state index contributed by atoms with van der Waals surface area (Å²) in [5.74, 6) is 1.51. The summed E-state index contributed by atoms with van der Waals surface area (Å²) in [5, 5.41) is 4.86. The van der Waals surface area contributed by atoms with Crippen LogP contribution in [-0.2, 0) is 0 Å². The number of anilines is 2. The second-order valence-electron chi connectivity index (χ2n) is 12.9. The van der Waals surface area contributed by atoms with E-state index in [4.69, 9.17) is 21.9 Å². The van der Waals surface area contributed by atoms with Gasteiger partial charge in [0.1, 0.15) is 29.5 Å². The summed E-state index contributed by atoms with van der Waals surface area (Å²) in [6.07, 6.45) is 9.41. The van der Waals surface area contributed by atoms with Gasteiger partial charge in [0.25, 0.3) is 6.08 Å². The van der Waals surface area contributed by atoms with Gasteiger partial charge in [-0.15, -0.1) is 6.42 Å². The van der Waals surface area contributed by atoms with Crippen molar-refractivity contribution in [1.29, 1.82) is 0 Å². The summed E-state index contributed by atoms with van der Waals surface area (Å²) in [7, 11) is 0. The van der Waals surface area contributed by atoms with E-state index in [1.807, 2.05) is 4.90 Å². The number of aromatic nitrogens is 3. The SMILES string of the molecule is C#Cc1c(F)ccc2cc(N)cc(-c3ncc4c(N5C[C@H]6CC[C@@H](C5)N6)nc(OCC56CCCN5CC(=C(F)F)C6)nc4c3F)c12. The topological polar surface area (TPSA) is 92.4 Å². The van der Waals surface area contributed by atoms with Crippen LogP contribution < -0.4 is 20.7 Å². The summed E-state index contributed by atoms with van der Waals surface area (Å²) < 4.78 is 65.0. The monoisotopic (exact) mass is 629 g/mol. The number of ether oxygens (including phenoxy) is 1. The summed E-state index contributed by atoms with van der Waals surface area (Å²) in [5.41, 5.74) is 6.16. The first-order valence-corrected chi connectivity index (χ1v) is 15.5. The molecule has 8 nitrogen and oxygen atoms in total. The van der Waals surface area contributed by atoms with E-state index in [0.29, 0.717) is 53.7 Å². The van der Waals surface area contributed by atoms with E-state index in [0.717, 1.165) is 19.3 Å². The van der Waals surface area contributed by atoms with Gasteiger partial charge in [0, 0.05) is 60.1 Å². The fourth-order valence-electron chi connectivity index (χ4n) is 7.94. The van der Waals surface area contributed by atoms with Crippen LogP contribution in [0.15, 0.2) is 42.1 Å². The average Bonchev–Trinajstić information content (AvgIpc) is 3.71. The van der Waals surface area contributed by atoms with Gasteiger partial charge in [-0.1, -0.05) is 12.0 Å². The highest BCUT2D eigenvalue weighted by Crippen LogP contribution is 2.43. The van der Waals surface area contributed by atoms with Crippen LogP contribution in [0.1, 0.15) is 37.7 Å². The Morgan fingerprint density at radius 3 is 2.72 bits per heavy atom. The molecule has 8 rings (SSSR count). The molecule has 6 heterocycles. The molecule has 4 aliphatic rings. The number of fused-ring (bicyclic) bond motifs is 5. The number of hydrogen-bond donors (Lipinski definition) is 2. The third-order valence-corrected chi connectivity index (χ3v) is 10.1. The molecule has 2 bridgehead atoms. The highest BCUT2D eigenvalue weighted by Gasteiger charge is 2.48. The third-order valence-electron chi connectivity index (χ3n) is 10.1. The number of benzene rings is 2. The molecule has 0 spiro atoms. The molecule has 0 aliphatic carbocycles. The summed E-state index contributed by atoms with van der Waals surface area (Å²) in [6, 6.07) is 6.46. The first-order valence-electron chi connectivity index (χ1n) is 15.5. The lowest BCUT2D eigenvalue weighted by molar-refractivity contribution is 0.108. The van der Waals surface area contributed by atoms with Gasteiger partial charge in [0.2, 0.25) is 0 Å². The van der Waals surface area contributed by atoms with Crippen LogP contribution in [0.4, 0.5) is 29.1 Å².